The highest BCUT2D eigenvalue weighted by atomic mass is 19.2. The van der Waals surface area contributed by atoms with E-state index in [4.69, 9.17) is 4.74 Å². The van der Waals surface area contributed by atoms with Crippen molar-refractivity contribution in [3.05, 3.63) is 54.1 Å². The normalized spacial score (nSPS) is 24.8. The molecule has 0 N–H and O–H groups in total. The Labute approximate surface area is 88.9 Å². The Morgan fingerprint density at radius 1 is 1.27 bits per heavy atom. The van der Waals surface area contributed by atoms with E-state index in [-0.39, 0.29) is 0 Å². The standard InChI is InChI=1S/C13H13FO/c1-11-6-5-9-13(14,10-11)15-12-7-3-2-4-8-12/h2-9H,10H2,1H3. The van der Waals surface area contributed by atoms with Crippen LogP contribution < -0.4 is 4.74 Å². The molecule has 0 aliphatic heterocycles. The summed E-state index contributed by atoms with van der Waals surface area (Å²) in [6.45, 7) is 1.90. The van der Waals surface area contributed by atoms with Gasteiger partial charge < -0.3 is 4.74 Å². The molecule has 0 saturated heterocycles. The zero-order valence-electron chi connectivity index (χ0n) is 8.61. The summed E-state index contributed by atoms with van der Waals surface area (Å²) in [5.74, 6) is -1.14. The lowest BCUT2D eigenvalue weighted by atomic mass is 10.0. The van der Waals surface area contributed by atoms with Crippen LogP contribution in [0, 0.1) is 0 Å². The zero-order chi connectivity index (χ0) is 10.7. The third-order valence-corrected chi connectivity index (χ3v) is 2.28. The number of alkyl halides is 1. The van der Waals surface area contributed by atoms with Crippen LogP contribution in [0.25, 0.3) is 0 Å². The second-order valence-electron chi connectivity index (χ2n) is 3.75. The third-order valence-electron chi connectivity index (χ3n) is 2.28. The number of hydrogen-bond acceptors (Lipinski definition) is 1. The monoisotopic (exact) mass is 204 g/mol. The van der Waals surface area contributed by atoms with Crippen molar-refractivity contribution in [3.8, 4) is 5.75 Å². The minimum atomic E-state index is -1.69. The molecular formula is C13H13FO. The van der Waals surface area contributed by atoms with Gasteiger partial charge >= 0.3 is 0 Å². The van der Waals surface area contributed by atoms with Gasteiger partial charge in [0.25, 0.3) is 5.85 Å². The fourth-order valence-corrected chi connectivity index (χ4v) is 1.61. The zero-order valence-corrected chi connectivity index (χ0v) is 8.61. The van der Waals surface area contributed by atoms with E-state index in [1.54, 1.807) is 18.2 Å². The van der Waals surface area contributed by atoms with Gasteiger partial charge in [-0.25, -0.2) is 0 Å². The first-order valence-electron chi connectivity index (χ1n) is 4.96. The number of ether oxygens (including phenoxy) is 1. The number of rotatable bonds is 2. The van der Waals surface area contributed by atoms with Gasteiger partial charge in [0.15, 0.2) is 0 Å². The van der Waals surface area contributed by atoms with Gasteiger partial charge in [0, 0.05) is 6.42 Å². The first kappa shape index (κ1) is 9.97. The largest absolute Gasteiger partial charge is 0.454 e. The average molecular weight is 204 g/mol. The van der Waals surface area contributed by atoms with E-state index in [0.29, 0.717) is 12.2 Å². The van der Waals surface area contributed by atoms with Crippen LogP contribution in [0.15, 0.2) is 54.1 Å². The second kappa shape index (κ2) is 3.89. The van der Waals surface area contributed by atoms with Gasteiger partial charge in [-0.2, -0.15) is 4.39 Å². The van der Waals surface area contributed by atoms with Crippen molar-refractivity contribution in [2.24, 2.45) is 0 Å². The van der Waals surface area contributed by atoms with Gasteiger partial charge in [0.1, 0.15) is 5.75 Å². The molecule has 0 radical (unpaired) electrons. The molecule has 1 aromatic carbocycles. The van der Waals surface area contributed by atoms with E-state index in [2.05, 4.69) is 0 Å². The van der Waals surface area contributed by atoms with Gasteiger partial charge in [-0.05, 0) is 25.1 Å². The molecular weight excluding hydrogens is 191 g/mol. The quantitative estimate of drug-likeness (QED) is 0.714. The maximum Gasteiger partial charge on any atom is 0.271 e. The molecule has 0 fully saturated rings. The Morgan fingerprint density at radius 2 is 2.00 bits per heavy atom. The smallest absolute Gasteiger partial charge is 0.271 e. The van der Waals surface area contributed by atoms with Crippen LogP contribution in [0.2, 0.25) is 0 Å². The number of allylic oxidation sites excluding steroid dienone is 2. The van der Waals surface area contributed by atoms with Crippen LogP contribution in [-0.2, 0) is 0 Å². The number of halogens is 1. The molecule has 0 spiro atoms. The van der Waals surface area contributed by atoms with Crippen molar-refractivity contribution < 1.29 is 9.13 Å². The van der Waals surface area contributed by atoms with Gasteiger partial charge in [0.05, 0.1) is 0 Å². The van der Waals surface area contributed by atoms with E-state index in [1.807, 2.05) is 31.2 Å². The van der Waals surface area contributed by atoms with Crippen molar-refractivity contribution in [3.63, 3.8) is 0 Å². The number of benzene rings is 1. The van der Waals surface area contributed by atoms with Crippen LogP contribution in [0.5, 0.6) is 5.75 Å². The van der Waals surface area contributed by atoms with Crippen molar-refractivity contribution in [1.29, 1.82) is 0 Å². The van der Waals surface area contributed by atoms with E-state index in [9.17, 15) is 4.39 Å². The number of hydrogen-bond donors (Lipinski definition) is 0. The van der Waals surface area contributed by atoms with Gasteiger partial charge in [-0.3, -0.25) is 0 Å². The summed E-state index contributed by atoms with van der Waals surface area (Å²) in [6, 6.07) is 9.03. The lowest BCUT2D eigenvalue weighted by Gasteiger charge is -2.25. The Bertz CT molecular complexity index is 394. The minimum Gasteiger partial charge on any atom is -0.454 e. The van der Waals surface area contributed by atoms with E-state index >= 15 is 0 Å². The molecule has 0 aromatic heterocycles. The van der Waals surface area contributed by atoms with E-state index < -0.39 is 5.85 Å². The fraction of sp³-hybridized carbons (Fsp3) is 0.231. The summed E-state index contributed by atoms with van der Waals surface area (Å²) >= 11 is 0. The van der Waals surface area contributed by atoms with E-state index in [0.717, 1.165) is 5.57 Å². The first-order valence-corrected chi connectivity index (χ1v) is 4.96. The van der Waals surface area contributed by atoms with Gasteiger partial charge in [0.2, 0.25) is 0 Å². The van der Waals surface area contributed by atoms with Crippen molar-refractivity contribution in [2.45, 2.75) is 19.2 Å². The molecule has 78 valence electrons. The van der Waals surface area contributed by atoms with Crippen LogP contribution in [0.3, 0.4) is 0 Å². The highest BCUT2D eigenvalue weighted by Crippen LogP contribution is 2.29. The molecule has 1 aliphatic rings. The van der Waals surface area contributed by atoms with Crippen LogP contribution in [-0.4, -0.2) is 5.85 Å². The molecule has 1 nitrogen and oxygen atoms in total. The summed E-state index contributed by atoms with van der Waals surface area (Å²) in [4.78, 5) is 0. The van der Waals surface area contributed by atoms with E-state index in [1.165, 1.54) is 6.08 Å². The third kappa shape index (κ3) is 2.46. The molecule has 2 heteroatoms. The Balaban J connectivity index is 2.13. The molecule has 0 heterocycles. The average Bonchev–Trinajstić information content (AvgIpc) is 2.18. The first-order chi connectivity index (χ1) is 7.18. The molecule has 0 amide bonds. The molecule has 1 atom stereocenters. The molecule has 0 bridgehead atoms. The lowest BCUT2D eigenvalue weighted by Crippen LogP contribution is -2.29. The fourth-order valence-electron chi connectivity index (χ4n) is 1.61. The maximum absolute atomic E-state index is 14.2. The summed E-state index contributed by atoms with van der Waals surface area (Å²) in [6.07, 6.45) is 5.33. The predicted molar refractivity (Wildman–Crippen MR) is 58.4 cm³/mol. The summed E-state index contributed by atoms with van der Waals surface area (Å²) in [5, 5.41) is 0. The van der Waals surface area contributed by atoms with Crippen molar-refractivity contribution >= 4 is 0 Å². The Hall–Kier alpha value is -1.57. The highest BCUT2D eigenvalue weighted by Gasteiger charge is 2.30. The van der Waals surface area contributed by atoms with Crippen molar-refractivity contribution in [1.82, 2.24) is 0 Å². The van der Waals surface area contributed by atoms with Crippen LogP contribution >= 0.6 is 0 Å². The second-order valence-corrected chi connectivity index (χ2v) is 3.75. The topological polar surface area (TPSA) is 9.23 Å². The molecule has 2 rings (SSSR count). The lowest BCUT2D eigenvalue weighted by molar-refractivity contribution is -0.0153. The molecule has 0 saturated carbocycles. The van der Waals surface area contributed by atoms with Gasteiger partial charge in [-0.1, -0.05) is 35.9 Å². The SMILES string of the molecule is CC1=CC=CC(F)(Oc2ccccc2)C1. The minimum absolute atomic E-state index is 0.290. The Morgan fingerprint density at radius 3 is 2.67 bits per heavy atom. The highest BCUT2D eigenvalue weighted by molar-refractivity contribution is 5.27. The Kier molecular flexibility index (Phi) is 2.58. The molecule has 15 heavy (non-hydrogen) atoms. The maximum atomic E-state index is 14.2. The molecule has 1 aliphatic carbocycles. The van der Waals surface area contributed by atoms with Crippen LogP contribution in [0.1, 0.15) is 13.3 Å². The van der Waals surface area contributed by atoms with Crippen molar-refractivity contribution in [2.75, 3.05) is 0 Å². The molecule has 1 unspecified atom stereocenters. The predicted octanol–water partition coefficient (Wildman–Crippen LogP) is 3.64. The summed E-state index contributed by atoms with van der Waals surface area (Å²) in [7, 11) is 0. The number of para-hydroxylation sites is 1. The van der Waals surface area contributed by atoms with Gasteiger partial charge in [-0.15, -0.1) is 0 Å². The molecule has 1 aromatic rings. The van der Waals surface area contributed by atoms with Crippen LogP contribution in [0.4, 0.5) is 4.39 Å². The summed E-state index contributed by atoms with van der Waals surface area (Å²) in [5.41, 5.74) is 0.982. The summed E-state index contributed by atoms with van der Waals surface area (Å²) < 4.78 is 19.5.